The van der Waals surface area contributed by atoms with Crippen molar-refractivity contribution in [2.75, 3.05) is 11.9 Å². The van der Waals surface area contributed by atoms with Crippen LogP contribution in [0.15, 0.2) is 60.9 Å². The van der Waals surface area contributed by atoms with E-state index in [1.165, 1.54) is 24.5 Å². The van der Waals surface area contributed by atoms with Crippen molar-refractivity contribution in [3.63, 3.8) is 0 Å². The molecule has 34 heavy (non-hydrogen) atoms. The summed E-state index contributed by atoms with van der Waals surface area (Å²) in [6.07, 6.45) is -1.11. The van der Waals surface area contributed by atoms with E-state index in [0.717, 1.165) is 29.7 Å². The molecule has 1 aromatic heterocycles. The molecule has 7 nitrogen and oxygen atoms in total. The second kappa shape index (κ2) is 10.8. The van der Waals surface area contributed by atoms with Crippen molar-refractivity contribution >= 4 is 17.7 Å². The number of carbonyl (C=O) groups excluding carboxylic acids is 1. The molecular weight excluding hydrogens is 449 g/mol. The lowest BCUT2D eigenvalue weighted by molar-refractivity contribution is -0.138. The van der Waals surface area contributed by atoms with E-state index in [-0.39, 0.29) is 24.7 Å². The molecule has 0 spiro atoms. The predicted molar refractivity (Wildman–Crippen MR) is 120 cm³/mol. The summed E-state index contributed by atoms with van der Waals surface area (Å²) in [7, 11) is 0. The van der Waals surface area contributed by atoms with Gasteiger partial charge in [-0.05, 0) is 35.2 Å². The third-order valence-electron chi connectivity index (χ3n) is 5.10. The molecule has 0 aliphatic carbocycles. The number of halogens is 3. The van der Waals surface area contributed by atoms with Crippen molar-refractivity contribution in [1.29, 1.82) is 0 Å². The van der Waals surface area contributed by atoms with Crippen molar-refractivity contribution < 1.29 is 27.9 Å². The van der Waals surface area contributed by atoms with Gasteiger partial charge in [0.1, 0.15) is 11.5 Å². The zero-order valence-corrected chi connectivity index (χ0v) is 18.3. The Kier molecular flexibility index (Phi) is 7.83. The van der Waals surface area contributed by atoms with Crippen LogP contribution in [0.5, 0.6) is 0 Å². The molecule has 1 unspecified atom stereocenters. The van der Waals surface area contributed by atoms with E-state index in [1.54, 1.807) is 0 Å². The van der Waals surface area contributed by atoms with Crippen LogP contribution in [0.25, 0.3) is 11.1 Å². The molecule has 0 bridgehead atoms. The molecule has 3 rings (SSSR count). The first kappa shape index (κ1) is 24.7. The SMILES string of the molecule is CCC(Nc1cnc(C(=O)NCCC(=O)O)cn1)c1ccc(-c2ccc(C(F)(F)F)cc2)cc1. The number of carbonyl (C=O) groups is 2. The lowest BCUT2D eigenvalue weighted by atomic mass is 9.99. The molecule has 3 N–H and O–H groups in total. The quantitative estimate of drug-likeness (QED) is 0.408. The minimum Gasteiger partial charge on any atom is -0.481 e. The van der Waals surface area contributed by atoms with Crippen molar-refractivity contribution in [1.82, 2.24) is 15.3 Å². The largest absolute Gasteiger partial charge is 0.481 e. The summed E-state index contributed by atoms with van der Waals surface area (Å²) < 4.78 is 38.3. The van der Waals surface area contributed by atoms with Crippen LogP contribution in [0.3, 0.4) is 0 Å². The van der Waals surface area contributed by atoms with E-state index in [4.69, 9.17) is 5.11 Å². The molecule has 0 aliphatic heterocycles. The molecule has 10 heteroatoms. The maximum atomic E-state index is 12.8. The first-order valence-electron chi connectivity index (χ1n) is 10.5. The van der Waals surface area contributed by atoms with Gasteiger partial charge >= 0.3 is 12.1 Å². The van der Waals surface area contributed by atoms with E-state index in [2.05, 4.69) is 20.6 Å². The average molecular weight is 472 g/mol. The van der Waals surface area contributed by atoms with Gasteiger partial charge in [0.2, 0.25) is 0 Å². The fourth-order valence-electron chi connectivity index (χ4n) is 3.25. The summed E-state index contributed by atoms with van der Waals surface area (Å²) in [4.78, 5) is 30.8. The average Bonchev–Trinajstić information content (AvgIpc) is 2.82. The van der Waals surface area contributed by atoms with Gasteiger partial charge in [-0.2, -0.15) is 13.2 Å². The monoisotopic (exact) mass is 472 g/mol. The number of alkyl halides is 3. The molecule has 0 aliphatic rings. The lowest BCUT2D eigenvalue weighted by Gasteiger charge is -2.18. The molecule has 3 aromatic rings. The Labute approximate surface area is 194 Å². The highest BCUT2D eigenvalue weighted by atomic mass is 19.4. The number of nitrogens with zero attached hydrogens (tertiary/aromatic N) is 2. The van der Waals surface area contributed by atoms with Gasteiger partial charge in [0.05, 0.1) is 30.4 Å². The number of nitrogens with one attached hydrogen (secondary N) is 2. The number of aliphatic carboxylic acids is 1. The molecule has 1 heterocycles. The zero-order valence-electron chi connectivity index (χ0n) is 18.3. The van der Waals surface area contributed by atoms with Gasteiger partial charge in [-0.25, -0.2) is 9.97 Å². The Hall–Kier alpha value is -3.95. The molecule has 0 saturated heterocycles. The van der Waals surface area contributed by atoms with E-state index < -0.39 is 23.6 Å². The molecule has 178 valence electrons. The van der Waals surface area contributed by atoms with E-state index in [9.17, 15) is 22.8 Å². The number of anilines is 1. The van der Waals surface area contributed by atoms with E-state index >= 15 is 0 Å². The molecule has 2 aromatic carbocycles. The van der Waals surface area contributed by atoms with Crippen LogP contribution < -0.4 is 10.6 Å². The predicted octanol–water partition coefficient (Wildman–Crippen LogP) is 4.93. The van der Waals surface area contributed by atoms with Gasteiger partial charge in [0, 0.05) is 6.54 Å². The Morgan fingerprint density at radius 2 is 1.59 bits per heavy atom. The summed E-state index contributed by atoms with van der Waals surface area (Å²) in [5, 5.41) is 14.3. The Balaban J connectivity index is 1.64. The first-order valence-corrected chi connectivity index (χ1v) is 10.5. The molecule has 1 amide bonds. The summed E-state index contributed by atoms with van der Waals surface area (Å²) in [5.41, 5.74) is 1.82. The fourth-order valence-corrected chi connectivity index (χ4v) is 3.25. The van der Waals surface area contributed by atoms with Gasteiger partial charge < -0.3 is 15.7 Å². The van der Waals surface area contributed by atoms with Crippen molar-refractivity contribution in [2.45, 2.75) is 32.0 Å². The Morgan fingerprint density at radius 1 is 0.971 bits per heavy atom. The molecule has 0 radical (unpaired) electrons. The first-order chi connectivity index (χ1) is 16.2. The molecule has 1 atom stereocenters. The number of benzene rings is 2. The van der Waals surface area contributed by atoms with Gasteiger partial charge in [-0.1, -0.05) is 43.3 Å². The number of carboxylic acids is 1. The standard InChI is InChI=1S/C24H23F3N4O3/c1-2-19(31-21-14-29-20(13-30-21)23(34)28-12-11-22(32)33)17-5-3-15(4-6-17)16-7-9-18(10-8-16)24(25,26)27/h3-10,13-14,19H,2,11-12H2,1H3,(H,28,34)(H,30,31)(H,32,33). The van der Waals surface area contributed by atoms with Crippen LogP contribution in [-0.2, 0) is 11.0 Å². The van der Waals surface area contributed by atoms with Crippen molar-refractivity contribution in [2.24, 2.45) is 0 Å². The highest BCUT2D eigenvalue weighted by molar-refractivity contribution is 5.92. The van der Waals surface area contributed by atoms with Crippen LogP contribution in [0.4, 0.5) is 19.0 Å². The highest BCUT2D eigenvalue weighted by Gasteiger charge is 2.30. The van der Waals surface area contributed by atoms with Gasteiger partial charge in [0.15, 0.2) is 0 Å². The molecule has 0 saturated carbocycles. The maximum Gasteiger partial charge on any atom is 0.416 e. The number of carboxylic acid groups (broad SMARTS) is 1. The zero-order chi connectivity index (χ0) is 24.7. The minimum absolute atomic E-state index is 0.00374. The lowest BCUT2D eigenvalue weighted by Crippen LogP contribution is -2.27. The number of amides is 1. The minimum atomic E-state index is -4.37. The van der Waals surface area contributed by atoms with Crippen LogP contribution in [0.2, 0.25) is 0 Å². The Morgan fingerprint density at radius 3 is 2.09 bits per heavy atom. The third kappa shape index (κ3) is 6.53. The Bertz CT molecular complexity index is 1120. The van der Waals surface area contributed by atoms with Crippen LogP contribution in [-0.4, -0.2) is 33.5 Å². The maximum absolute atomic E-state index is 12.8. The summed E-state index contributed by atoms with van der Waals surface area (Å²) in [6, 6.07) is 12.4. The number of aromatic nitrogens is 2. The van der Waals surface area contributed by atoms with E-state index in [1.807, 2.05) is 31.2 Å². The van der Waals surface area contributed by atoms with E-state index in [0.29, 0.717) is 11.4 Å². The van der Waals surface area contributed by atoms with Crippen LogP contribution >= 0.6 is 0 Å². The summed E-state index contributed by atoms with van der Waals surface area (Å²) in [6.45, 7) is 1.98. The topological polar surface area (TPSA) is 104 Å². The summed E-state index contributed by atoms with van der Waals surface area (Å²) in [5.74, 6) is -1.06. The van der Waals surface area contributed by atoms with Crippen LogP contribution in [0, 0.1) is 0 Å². The van der Waals surface area contributed by atoms with Gasteiger partial charge in [-0.3, -0.25) is 9.59 Å². The third-order valence-corrected chi connectivity index (χ3v) is 5.10. The molecule has 0 fully saturated rings. The second-order valence-electron chi connectivity index (χ2n) is 7.49. The normalized spacial score (nSPS) is 12.1. The highest BCUT2D eigenvalue weighted by Crippen LogP contribution is 2.31. The van der Waals surface area contributed by atoms with Crippen molar-refractivity contribution in [3.8, 4) is 11.1 Å². The molecular formula is C24H23F3N4O3. The van der Waals surface area contributed by atoms with Crippen LogP contribution in [0.1, 0.15) is 47.4 Å². The number of rotatable bonds is 9. The number of hydrogen-bond donors (Lipinski definition) is 3. The fraction of sp³-hybridized carbons (Fsp3) is 0.250. The smallest absolute Gasteiger partial charge is 0.416 e. The second-order valence-corrected chi connectivity index (χ2v) is 7.49. The number of hydrogen-bond acceptors (Lipinski definition) is 5. The summed E-state index contributed by atoms with van der Waals surface area (Å²) >= 11 is 0. The van der Waals surface area contributed by atoms with Gasteiger partial charge in [-0.15, -0.1) is 0 Å². The van der Waals surface area contributed by atoms with Gasteiger partial charge in [0.25, 0.3) is 5.91 Å². The van der Waals surface area contributed by atoms with Crippen molar-refractivity contribution in [3.05, 3.63) is 77.7 Å².